The van der Waals surface area contributed by atoms with Gasteiger partial charge >= 0.3 is 0 Å². The third kappa shape index (κ3) is 4.50. The smallest absolute Gasteiger partial charge is 0.0386 e. The summed E-state index contributed by atoms with van der Waals surface area (Å²) in [4.78, 5) is 0. The van der Waals surface area contributed by atoms with Gasteiger partial charge in [0, 0.05) is 0 Å². The van der Waals surface area contributed by atoms with E-state index in [0.717, 1.165) is 5.92 Å². The van der Waals surface area contributed by atoms with Gasteiger partial charge < -0.3 is 0 Å². The quantitative estimate of drug-likeness (QED) is 0.530. The Hall–Kier alpha value is 0. The number of rotatable bonds is 5. The van der Waals surface area contributed by atoms with Gasteiger partial charge in [-0.05, 0) is 12.3 Å². The summed E-state index contributed by atoms with van der Waals surface area (Å²) in [7, 11) is 0. The minimum atomic E-state index is 0.880. The molecule has 0 heteroatoms. The lowest BCUT2D eigenvalue weighted by atomic mass is 9.97. The van der Waals surface area contributed by atoms with Gasteiger partial charge in [0.2, 0.25) is 0 Å². The van der Waals surface area contributed by atoms with Gasteiger partial charge in [-0.15, -0.1) is 0 Å². The first-order valence-electron chi connectivity index (χ1n) is 4.14. The third-order valence-electron chi connectivity index (χ3n) is 1.92. The Kier molecular flexibility index (Phi) is 6.12. The predicted octanol–water partition coefficient (Wildman–Crippen LogP) is 3.43. The topological polar surface area (TPSA) is 0 Å². The van der Waals surface area contributed by atoms with Crippen LogP contribution in [0.5, 0.6) is 0 Å². The second-order valence-electron chi connectivity index (χ2n) is 2.64. The van der Waals surface area contributed by atoms with Gasteiger partial charge in [0.05, 0.1) is 0 Å². The molecule has 0 amide bonds. The van der Waals surface area contributed by atoms with Gasteiger partial charge in [-0.25, -0.2) is 0 Å². The lowest BCUT2D eigenvalue weighted by molar-refractivity contribution is 0.510. The van der Waals surface area contributed by atoms with E-state index in [9.17, 15) is 0 Å². The van der Waals surface area contributed by atoms with Crippen LogP contribution in [0.15, 0.2) is 0 Å². The van der Waals surface area contributed by atoms with Gasteiger partial charge in [-0.2, -0.15) is 0 Å². The first kappa shape index (κ1) is 9.00. The van der Waals surface area contributed by atoms with E-state index in [1.807, 2.05) is 0 Å². The zero-order valence-electron chi connectivity index (χ0n) is 6.98. The molecule has 0 aromatic rings. The summed E-state index contributed by atoms with van der Waals surface area (Å²) in [5.74, 6) is 0.880. The summed E-state index contributed by atoms with van der Waals surface area (Å²) in [6, 6.07) is 0. The molecule has 0 aromatic carbocycles. The molecular formula is C9H19. The van der Waals surface area contributed by atoms with Crippen molar-refractivity contribution in [2.75, 3.05) is 0 Å². The minimum absolute atomic E-state index is 0.880. The molecule has 0 aliphatic carbocycles. The third-order valence-corrected chi connectivity index (χ3v) is 1.92. The van der Waals surface area contributed by atoms with Gasteiger partial charge in [-0.1, -0.05) is 46.5 Å². The van der Waals surface area contributed by atoms with E-state index < -0.39 is 0 Å². The maximum Gasteiger partial charge on any atom is -0.0386 e. The van der Waals surface area contributed by atoms with E-state index in [0.29, 0.717) is 0 Å². The van der Waals surface area contributed by atoms with Crippen LogP contribution < -0.4 is 0 Å². The summed E-state index contributed by atoms with van der Waals surface area (Å²) in [5, 5.41) is 0. The Bertz CT molecular complexity index is 44.0. The number of hydrogen-bond acceptors (Lipinski definition) is 0. The van der Waals surface area contributed by atoms with Crippen molar-refractivity contribution >= 4 is 0 Å². The van der Waals surface area contributed by atoms with E-state index in [4.69, 9.17) is 0 Å². The van der Waals surface area contributed by atoms with E-state index >= 15 is 0 Å². The number of hydrogen-bond donors (Lipinski definition) is 0. The van der Waals surface area contributed by atoms with Crippen LogP contribution in [0.1, 0.15) is 46.5 Å². The van der Waals surface area contributed by atoms with Crippen LogP contribution >= 0.6 is 0 Å². The fourth-order valence-corrected chi connectivity index (χ4v) is 1.07. The first-order chi connectivity index (χ1) is 4.35. The van der Waals surface area contributed by atoms with E-state index in [1.165, 1.54) is 25.7 Å². The van der Waals surface area contributed by atoms with E-state index in [2.05, 4.69) is 27.2 Å². The molecule has 1 atom stereocenters. The minimum Gasteiger partial charge on any atom is -0.0654 e. The Morgan fingerprint density at radius 3 is 2.33 bits per heavy atom. The summed E-state index contributed by atoms with van der Waals surface area (Å²) in [6.07, 6.45) is 7.77. The molecule has 55 valence electrons. The number of unbranched alkanes of at least 4 members (excludes halogenated alkanes) is 1. The summed E-state index contributed by atoms with van der Waals surface area (Å²) < 4.78 is 0. The molecule has 0 bridgehead atoms. The Morgan fingerprint density at radius 1 is 1.33 bits per heavy atom. The first-order valence-corrected chi connectivity index (χ1v) is 4.14. The van der Waals surface area contributed by atoms with Crippen LogP contribution in [0.3, 0.4) is 0 Å². The molecular weight excluding hydrogens is 108 g/mol. The molecule has 0 heterocycles. The molecule has 0 aliphatic rings. The zero-order chi connectivity index (χ0) is 7.11. The highest BCUT2D eigenvalue weighted by molar-refractivity contribution is 4.68. The molecule has 0 aromatic heterocycles. The normalized spacial score (nSPS) is 10.7. The van der Waals surface area contributed by atoms with Crippen molar-refractivity contribution in [2.24, 2.45) is 5.92 Å². The summed E-state index contributed by atoms with van der Waals surface area (Å²) in [5.41, 5.74) is 0. The van der Waals surface area contributed by atoms with Crippen molar-refractivity contribution in [3.05, 3.63) is 6.42 Å². The Balaban J connectivity index is 3.09. The van der Waals surface area contributed by atoms with Gasteiger partial charge in [0.15, 0.2) is 0 Å². The maximum atomic E-state index is 2.33. The molecule has 9 heavy (non-hydrogen) atoms. The van der Waals surface area contributed by atoms with Crippen molar-refractivity contribution in [2.45, 2.75) is 46.5 Å². The maximum absolute atomic E-state index is 2.33. The van der Waals surface area contributed by atoms with Crippen molar-refractivity contribution in [3.63, 3.8) is 0 Å². The molecule has 0 N–H and O–H groups in total. The highest BCUT2D eigenvalue weighted by Gasteiger charge is 2.00. The molecule has 0 saturated heterocycles. The van der Waals surface area contributed by atoms with Crippen LogP contribution in [0.2, 0.25) is 0 Å². The summed E-state index contributed by atoms with van der Waals surface area (Å²) in [6.45, 7) is 6.69. The molecule has 0 rings (SSSR count). The zero-order valence-corrected chi connectivity index (χ0v) is 6.98. The standard InChI is InChI=1S/C9H19/c1-4-7-8-9(5-2)6-3/h5,9H,4,6-8H2,1-3H3. The Labute approximate surface area is 59.7 Å². The molecule has 1 unspecified atom stereocenters. The van der Waals surface area contributed by atoms with Crippen LogP contribution in [0, 0.1) is 12.3 Å². The van der Waals surface area contributed by atoms with Gasteiger partial charge in [-0.3, -0.25) is 0 Å². The van der Waals surface area contributed by atoms with Crippen LogP contribution in [-0.2, 0) is 0 Å². The predicted molar refractivity (Wildman–Crippen MR) is 43.3 cm³/mol. The fraction of sp³-hybridized carbons (Fsp3) is 0.889. The second kappa shape index (κ2) is 6.12. The van der Waals surface area contributed by atoms with E-state index in [-0.39, 0.29) is 0 Å². The highest BCUT2D eigenvalue weighted by atomic mass is 14.1. The summed E-state index contributed by atoms with van der Waals surface area (Å²) >= 11 is 0. The highest BCUT2D eigenvalue weighted by Crippen LogP contribution is 2.14. The van der Waals surface area contributed by atoms with Crippen molar-refractivity contribution < 1.29 is 0 Å². The molecule has 1 radical (unpaired) electrons. The molecule has 0 fully saturated rings. The van der Waals surface area contributed by atoms with Crippen LogP contribution in [-0.4, -0.2) is 0 Å². The van der Waals surface area contributed by atoms with Crippen LogP contribution in [0.4, 0.5) is 0 Å². The SMILES string of the molecule is C[CH]C(CC)CCCC. The fourth-order valence-electron chi connectivity index (χ4n) is 1.07. The molecule has 0 nitrogen and oxygen atoms in total. The van der Waals surface area contributed by atoms with Crippen molar-refractivity contribution in [3.8, 4) is 0 Å². The lowest BCUT2D eigenvalue weighted by Gasteiger charge is -2.09. The average Bonchev–Trinajstić information content (AvgIpc) is 1.91. The molecule has 0 aliphatic heterocycles. The van der Waals surface area contributed by atoms with Gasteiger partial charge in [0.1, 0.15) is 0 Å². The second-order valence-corrected chi connectivity index (χ2v) is 2.64. The molecule has 0 spiro atoms. The lowest BCUT2D eigenvalue weighted by Crippen LogP contribution is -1.96. The molecule has 0 saturated carbocycles. The van der Waals surface area contributed by atoms with E-state index in [1.54, 1.807) is 0 Å². The van der Waals surface area contributed by atoms with Crippen molar-refractivity contribution in [1.82, 2.24) is 0 Å². The largest absolute Gasteiger partial charge is 0.0654 e. The Morgan fingerprint density at radius 2 is 2.00 bits per heavy atom. The van der Waals surface area contributed by atoms with Gasteiger partial charge in [0.25, 0.3) is 0 Å². The average molecular weight is 127 g/mol. The van der Waals surface area contributed by atoms with Crippen LogP contribution in [0.25, 0.3) is 0 Å². The monoisotopic (exact) mass is 127 g/mol. The van der Waals surface area contributed by atoms with Crippen molar-refractivity contribution in [1.29, 1.82) is 0 Å².